The number of benzene rings is 1. The van der Waals surface area contributed by atoms with Crippen LogP contribution in [-0.2, 0) is 4.79 Å². The number of hydrogen-bond acceptors (Lipinski definition) is 4. The van der Waals surface area contributed by atoms with Crippen molar-refractivity contribution in [2.45, 2.75) is 26.7 Å². The van der Waals surface area contributed by atoms with Gasteiger partial charge in [-0.15, -0.1) is 5.10 Å². The molecule has 2 aromatic rings. The van der Waals surface area contributed by atoms with Gasteiger partial charge in [-0.3, -0.25) is 0 Å². The molecule has 0 aliphatic heterocycles. The fourth-order valence-electron chi connectivity index (χ4n) is 1.64. The molecule has 0 radical (unpaired) electrons. The summed E-state index contributed by atoms with van der Waals surface area (Å²) in [4.78, 5) is 18.1. The predicted octanol–water partition coefficient (Wildman–Crippen LogP) is 1.82. The molecule has 1 atom stereocenters. The molecule has 90 valence electrons. The summed E-state index contributed by atoms with van der Waals surface area (Å²) in [5.41, 5.74) is 1.41. The highest BCUT2D eigenvalue weighted by molar-refractivity contribution is 5.76. The van der Waals surface area contributed by atoms with Crippen molar-refractivity contribution in [2.75, 3.05) is 0 Å². The molecular weight excluding hydrogens is 218 g/mol. The molecule has 0 amide bonds. The highest BCUT2D eigenvalue weighted by Gasteiger charge is 2.16. The van der Waals surface area contributed by atoms with E-state index in [4.69, 9.17) is 4.84 Å². The molecular formula is C12H15N3O2. The third-order valence-electron chi connectivity index (χ3n) is 2.62. The molecule has 1 aromatic carbocycles. The van der Waals surface area contributed by atoms with Crippen LogP contribution < -0.4 is 4.84 Å². The Morgan fingerprint density at radius 1 is 1.47 bits per heavy atom. The van der Waals surface area contributed by atoms with Crippen molar-refractivity contribution in [1.82, 2.24) is 15.2 Å². The number of rotatable bonds is 4. The number of carbonyl (C=O) groups excluding carboxylic acids is 1. The average Bonchev–Trinajstić information content (AvgIpc) is 2.73. The molecule has 0 spiro atoms. The molecule has 0 saturated heterocycles. The van der Waals surface area contributed by atoms with Crippen LogP contribution in [-0.4, -0.2) is 21.1 Å². The average molecular weight is 233 g/mol. The monoisotopic (exact) mass is 233 g/mol. The van der Waals surface area contributed by atoms with Gasteiger partial charge in [-0.2, -0.15) is 0 Å². The predicted molar refractivity (Wildman–Crippen MR) is 63.2 cm³/mol. The fourth-order valence-corrected chi connectivity index (χ4v) is 1.64. The molecule has 0 bridgehead atoms. The van der Waals surface area contributed by atoms with Crippen LogP contribution in [0.15, 0.2) is 24.3 Å². The second-order valence-electron chi connectivity index (χ2n) is 4.05. The molecule has 5 heteroatoms. The Kier molecular flexibility index (Phi) is 3.37. The van der Waals surface area contributed by atoms with Gasteiger partial charge in [-0.05, 0) is 23.8 Å². The lowest BCUT2D eigenvalue weighted by Gasteiger charge is -2.08. The summed E-state index contributed by atoms with van der Waals surface area (Å²) in [6.45, 7) is 3.89. The molecule has 0 saturated carbocycles. The molecule has 1 aromatic heterocycles. The summed E-state index contributed by atoms with van der Waals surface area (Å²) in [6.07, 6.45) is 1.76. The Morgan fingerprint density at radius 2 is 2.24 bits per heavy atom. The molecule has 0 fully saturated rings. The van der Waals surface area contributed by atoms with Gasteiger partial charge in [0.2, 0.25) is 0 Å². The van der Waals surface area contributed by atoms with Crippen LogP contribution in [0.1, 0.15) is 26.7 Å². The molecule has 1 heterocycles. The van der Waals surface area contributed by atoms with Crippen LogP contribution in [0, 0.1) is 5.92 Å². The van der Waals surface area contributed by atoms with Crippen molar-refractivity contribution in [3.63, 3.8) is 0 Å². The Balaban J connectivity index is 2.16. The zero-order valence-corrected chi connectivity index (χ0v) is 9.96. The lowest BCUT2D eigenvalue weighted by molar-refractivity contribution is -0.149. The van der Waals surface area contributed by atoms with Crippen molar-refractivity contribution < 1.29 is 9.63 Å². The number of nitrogens with zero attached hydrogens (tertiary/aromatic N) is 3. The van der Waals surface area contributed by atoms with Crippen molar-refractivity contribution >= 4 is 17.0 Å². The summed E-state index contributed by atoms with van der Waals surface area (Å²) >= 11 is 0. The van der Waals surface area contributed by atoms with E-state index in [0.29, 0.717) is 11.0 Å². The largest absolute Gasteiger partial charge is 0.337 e. The van der Waals surface area contributed by atoms with Gasteiger partial charge in [-0.25, -0.2) is 4.79 Å². The number of aromatic nitrogens is 3. The number of carbonyl (C=O) groups is 1. The first kappa shape index (κ1) is 11.6. The first-order valence-electron chi connectivity index (χ1n) is 5.75. The van der Waals surface area contributed by atoms with Crippen LogP contribution >= 0.6 is 0 Å². The van der Waals surface area contributed by atoms with Crippen LogP contribution in [0.4, 0.5) is 0 Å². The summed E-state index contributed by atoms with van der Waals surface area (Å²) < 4.78 is 0. The van der Waals surface area contributed by atoms with E-state index >= 15 is 0 Å². The van der Waals surface area contributed by atoms with Crippen LogP contribution in [0.2, 0.25) is 0 Å². The highest BCUT2D eigenvalue weighted by Crippen LogP contribution is 2.10. The van der Waals surface area contributed by atoms with Gasteiger partial charge in [0.15, 0.2) is 0 Å². The van der Waals surface area contributed by atoms with Crippen LogP contribution in [0.3, 0.4) is 0 Å². The van der Waals surface area contributed by atoms with E-state index in [2.05, 4.69) is 10.3 Å². The van der Waals surface area contributed by atoms with Crippen molar-refractivity contribution in [3.8, 4) is 0 Å². The third kappa shape index (κ3) is 2.43. The lowest BCUT2D eigenvalue weighted by atomic mass is 10.1. The van der Waals surface area contributed by atoms with Gasteiger partial charge in [0.05, 0.1) is 5.92 Å². The van der Waals surface area contributed by atoms with Crippen LogP contribution in [0.5, 0.6) is 0 Å². The summed E-state index contributed by atoms with van der Waals surface area (Å²) in [6, 6.07) is 7.35. The zero-order valence-electron chi connectivity index (χ0n) is 9.96. The first-order valence-corrected chi connectivity index (χ1v) is 5.75. The number of para-hydroxylation sites is 1. The van der Waals surface area contributed by atoms with Gasteiger partial charge >= 0.3 is 5.97 Å². The molecule has 17 heavy (non-hydrogen) atoms. The van der Waals surface area contributed by atoms with Crippen molar-refractivity contribution in [1.29, 1.82) is 0 Å². The van der Waals surface area contributed by atoms with E-state index in [1.165, 1.54) is 4.85 Å². The fraction of sp³-hybridized carbons (Fsp3) is 0.417. The molecule has 1 unspecified atom stereocenters. The van der Waals surface area contributed by atoms with E-state index in [0.717, 1.165) is 12.8 Å². The van der Waals surface area contributed by atoms with E-state index in [9.17, 15) is 4.79 Å². The number of fused-ring (bicyclic) bond motifs is 1. The minimum atomic E-state index is -0.275. The maximum absolute atomic E-state index is 11.7. The Hall–Kier alpha value is -1.91. The standard InChI is InChI=1S/C12H15N3O2/c1-3-6-9(2)12(16)17-15-11-8-5-4-7-10(11)13-14-15/h4-5,7-9H,3,6H2,1-2H3. The van der Waals surface area contributed by atoms with Gasteiger partial charge in [0, 0.05) is 0 Å². The van der Waals surface area contributed by atoms with Gasteiger partial charge in [-0.1, -0.05) is 37.2 Å². The third-order valence-corrected chi connectivity index (χ3v) is 2.62. The topological polar surface area (TPSA) is 57.0 Å². The summed E-state index contributed by atoms with van der Waals surface area (Å²) in [5, 5.41) is 7.71. The molecule has 0 N–H and O–H groups in total. The van der Waals surface area contributed by atoms with Gasteiger partial charge in [0.1, 0.15) is 11.0 Å². The van der Waals surface area contributed by atoms with Crippen molar-refractivity contribution in [3.05, 3.63) is 24.3 Å². The summed E-state index contributed by atoms with van der Waals surface area (Å²) in [5.74, 6) is -0.398. The minimum Gasteiger partial charge on any atom is -0.317 e. The van der Waals surface area contributed by atoms with E-state index in [1.54, 1.807) is 0 Å². The normalized spacial score (nSPS) is 12.6. The Labute approximate surface area is 99.3 Å². The van der Waals surface area contributed by atoms with Crippen LogP contribution in [0.25, 0.3) is 11.0 Å². The van der Waals surface area contributed by atoms with Gasteiger partial charge in [0.25, 0.3) is 0 Å². The second-order valence-corrected chi connectivity index (χ2v) is 4.05. The second kappa shape index (κ2) is 4.95. The first-order chi connectivity index (χ1) is 8.22. The quantitative estimate of drug-likeness (QED) is 0.756. The maximum Gasteiger partial charge on any atom is 0.337 e. The Bertz CT molecular complexity index is 521. The SMILES string of the molecule is CCCC(C)C(=O)On1nnc2ccccc21. The zero-order chi connectivity index (χ0) is 12.3. The van der Waals surface area contributed by atoms with Gasteiger partial charge < -0.3 is 4.84 Å². The summed E-state index contributed by atoms with van der Waals surface area (Å²) in [7, 11) is 0. The highest BCUT2D eigenvalue weighted by atomic mass is 16.7. The molecule has 0 aliphatic rings. The smallest absolute Gasteiger partial charge is 0.317 e. The van der Waals surface area contributed by atoms with E-state index < -0.39 is 0 Å². The lowest BCUT2D eigenvalue weighted by Crippen LogP contribution is -2.26. The van der Waals surface area contributed by atoms with E-state index in [1.807, 2.05) is 38.1 Å². The van der Waals surface area contributed by atoms with Crippen molar-refractivity contribution in [2.24, 2.45) is 5.92 Å². The number of hydrogen-bond donors (Lipinski definition) is 0. The maximum atomic E-state index is 11.7. The molecule has 2 rings (SSSR count). The van der Waals surface area contributed by atoms with E-state index in [-0.39, 0.29) is 11.9 Å². The molecule has 0 aliphatic carbocycles. The minimum absolute atomic E-state index is 0.122. The molecule has 5 nitrogen and oxygen atoms in total. The Morgan fingerprint density at radius 3 is 3.00 bits per heavy atom.